The van der Waals surface area contributed by atoms with Gasteiger partial charge in [-0.1, -0.05) is 11.6 Å². The molecule has 1 aromatic heterocycles. The first kappa shape index (κ1) is 20.0. The van der Waals surface area contributed by atoms with Gasteiger partial charge in [0.15, 0.2) is 0 Å². The fourth-order valence-electron chi connectivity index (χ4n) is 3.10. The zero-order valence-corrected chi connectivity index (χ0v) is 16.2. The van der Waals surface area contributed by atoms with E-state index in [-0.39, 0.29) is 35.3 Å². The van der Waals surface area contributed by atoms with Gasteiger partial charge in [0.1, 0.15) is 6.54 Å². The Kier molecular flexibility index (Phi) is 5.31. The minimum absolute atomic E-state index is 0.104. The second kappa shape index (κ2) is 7.70. The van der Waals surface area contributed by atoms with Gasteiger partial charge in [-0.3, -0.25) is 24.3 Å². The highest BCUT2D eigenvalue weighted by Gasteiger charge is 2.17. The van der Waals surface area contributed by atoms with E-state index < -0.39 is 16.2 Å². The average molecular weight is 396 g/mol. The molecule has 9 heteroatoms. The van der Waals surface area contributed by atoms with Crippen LogP contribution in [0.5, 0.6) is 0 Å². The number of nitrogens with one attached hydrogen (secondary N) is 1. The van der Waals surface area contributed by atoms with Crippen LogP contribution < -0.4 is 16.6 Å². The van der Waals surface area contributed by atoms with Crippen molar-refractivity contribution < 1.29 is 9.72 Å². The van der Waals surface area contributed by atoms with E-state index in [0.717, 1.165) is 10.1 Å². The monoisotopic (exact) mass is 396 g/mol. The normalized spacial score (nSPS) is 11.0. The lowest BCUT2D eigenvalue weighted by Crippen LogP contribution is -2.42. The fourth-order valence-corrected chi connectivity index (χ4v) is 3.10. The van der Waals surface area contributed by atoms with Gasteiger partial charge in [0, 0.05) is 18.2 Å². The Morgan fingerprint density at radius 1 is 1.14 bits per heavy atom. The van der Waals surface area contributed by atoms with Crippen LogP contribution in [-0.4, -0.2) is 26.0 Å². The van der Waals surface area contributed by atoms with E-state index in [1.54, 1.807) is 32.0 Å². The molecule has 0 spiro atoms. The first-order valence-corrected chi connectivity index (χ1v) is 8.99. The van der Waals surface area contributed by atoms with Gasteiger partial charge >= 0.3 is 5.69 Å². The molecule has 0 aliphatic heterocycles. The number of carbonyl (C=O) groups excluding carboxylic acids is 1. The van der Waals surface area contributed by atoms with Gasteiger partial charge in [-0.05, 0) is 45.0 Å². The highest BCUT2D eigenvalue weighted by molar-refractivity contribution is 5.82. The van der Waals surface area contributed by atoms with Crippen LogP contribution in [0, 0.1) is 17.0 Å². The van der Waals surface area contributed by atoms with E-state index in [1.165, 1.54) is 28.8 Å². The van der Waals surface area contributed by atoms with Crippen molar-refractivity contribution in [1.82, 2.24) is 14.5 Å². The number of non-ortho nitro benzene ring substituents is 1. The molecule has 1 N–H and O–H groups in total. The molecule has 3 aromatic rings. The highest BCUT2D eigenvalue weighted by atomic mass is 16.6. The number of aromatic nitrogens is 2. The van der Waals surface area contributed by atoms with Crippen LogP contribution in [0.25, 0.3) is 16.6 Å². The van der Waals surface area contributed by atoms with E-state index in [1.807, 2.05) is 6.92 Å². The number of benzene rings is 2. The molecule has 0 bridgehead atoms. The molecular weight excluding hydrogens is 376 g/mol. The lowest BCUT2D eigenvalue weighted by atomic mass is 10.1. The van der Waals surface area contributed by atoms with Crippen molar-refractivity contribution in [1.29, 1.82) is 0 Å². The van der Waals surface area contributed by atoms with E-state index in [0.29, 0.717) is 5.52 Å². The number of rotatable bonds is 5. The molecule has 150 valence electrons. The number of amides is 1. The van der Waals surface area contributed by atoms with Gasteiger partial charge < -0.3 is 5.32 Å². The van der Waals surface area contributed by atoms with Gasteiger partial charge in [0.25, 0.3) is 11.2 Å². The summed E-state index contributed by atoms with van der Waals surface area (Å²) in [7, 11) is 0. The molecular formula is C20H20N4O5. The predicted molar refractivity (Wildman–Crippen MR) is 108 cm³/mol. The molecule has 0 fully saturated rings. The topological polar surface area (TPSA) is 116 Å². The summed E-state index contributed by atoms with van der Waals surface area (Å²) in [6.07, 6.45) is 0. The molecule has 0 saturated heterocycles. The first-order valence-electron chi connectivity index (χ1n) is 8.99. The number of nitro benzene ring substituents is 1. The molecule has 29 heavy (non-hydrogen) atoms. The maximum Gasteiger partial charge on any atom is 0.336 e. The molecule has 0 aliphatic carbocycles. The molecule has 0 unspecified atom stereocenters. The molecule has 0 saturated carbocycles. The number of nitro groups is 1. The third-order valence-corrected chi connectivity index (χ3v) is 4.37. The number of nitrogens with zero attached hydrogens (tertiary/aromatic N) is 3. The van der Waals surface area contributed by atoms with E-state index in [4.69, 9.17) is 0 Å². The van der Waals surface area contributed by atoms with Gasteiger partial charge in [-0.25, -0.2) is 9.36 Å². The number of carbonyl (C=O) groups is 1. The van der Waals surface area contributed by atoms with Crippen molar-refractivity contribution in [2.45, 2.75) is 33.4 Å². The Morgan fingerprint density at radius 2 is 1.79 bits per heavy atom. The summed E-state index contributed by atoms with van der Waals surface area (Å²) in [5.74, 6) is -0.363. The molecule has 0 aliphatic rings. The summed E-state index contributed by atoms with van der Waals surface area (Å²) in [5, 5.41) is 13.9. The zero-order chi connectivity index (χ0) is 21.3. The Hall–Kier alpha value is -3.75. The van der Waals surface area contributed by atoms with Crippen LogP contribution >= 0.6 is 0 Å². The number of hydrogen-bond donors (Lipinski definition) is 1. The second-order valence-electron chi connectivity index (χ2n) is 7.03. The first-order chi connectivity index (χ1) is 13.7. The van der Waals surface area contributed by atoms with Gasteiger partial charge in [0.05, 0.1) is 21.5 Å². The van der Waals surface area contributed by atoms with Crippen LogP contribution in [0.3, 0.4) is 0 Å². The third kappa shape index (κ3) is 3.93. The molecule has 3 rings (SSSR count). The molecule has 2 aromatic carbocycles. The molecule has 1 heterocycles. The number of aryl methyl sites for hydroxylation is 1. The average Bonchev–Trinajstić information content (AvgIpc) is 2.65. The quantitative estimate of drug-likeness (QED) is 0.522. The minimum Gasteiger partial charge on any atom is -0.352 e. The van der Waals surface area contributed by atoms with Crippen molar-refractivity contribution in [2.75, 3.05) is 0 Å². The summed E-state index contributed by atoms with van der Waals surface area (Å²) in [5.41, 5.74) is -0.0476. The molecule has 0 atom stereocenters. The van der Waals surface area contributed by atoms with Crippen molar-refractivity contribution >= 4 is 22.5 Å². The van der Waals surface area contributed by atoms with Gasteiger partial charge in [0.2, 0.25) is 5.91 Å². The van der Waals surface area contributed by atoms with Crippen molar-refractivity contribution in [3.8, 4) is 5.69 Å². The van der Waals surface area contributed by atoms with Crippen molar-refractivity contribution in [3.63, 3.8) is 0 Å². The minimum atomic E-state index is -0.695. The molecule has 9 nitrogen and oxygen atoms in total. The van der Waals surface area contributed by atoms with Crippen molar-refractivity contribution in [2.24, 2.45) is 0 Å². The smallest absolute Gasteiger partial charge is 0.336 e. The fraction of sp³-hybridized carbons (Fsp3) is 0.250. The van der Waals surface area contributed by atoms with Crippen LogP contribution in [0.1, 0.15) is 19.4 Å². The summed E-state index contributed by atoms with van der Waals surface area (Å²) < 4.78 is 2.16. The Morgan fingerprint density at radius 3 is 2.38 bits per heavy atom. The van der Waals surface area contributed by atoms with Gasteiger partial charge in [-0.15, -0.1) is 0 Å². The predicted octanol–water partition coefficient (Wildman–Crippen LogP) is 1.89. The highest BCUT2D eigenvalue weighted by Crippen LogP contribution is 2.15. The number of hydrogen-bond acceptors (Lipinski definition) is 5. The standard InChI is InChI=1S/C20H20N4O5/c1-12(2)21-18(25)11-22-17-9-4-13(3)10-16(17)19(26)23(20(22)27)14-5-7-15(8-6-14)24(28)29/h4-10,12H,11H2,1-3H3,(H,21,25). The lowest BCUT2D eigenvalue weighted by Gasteiger charge is -2.15. The lowest BCUT2D eigenvalue weighted by molar-refractivity contribution is -0.384. The Bertz CT molecular complexity index is 1220. The Labute approximate surface area is 165 Å². The largest absolute Gasteiger partial charge is 0.352 e. The van der Waals surface area contributed by atoms with Crippen LogP contribution in [0.15, 0.2) is 52.1 Å². The van der Waals surface area contributed by atoms with Crippen LogP contribution in [0.4, 0.5) is 5.69 Å². The summed E-state index contributed by atoms with van der Waals surface area (Å²) in [6.45, 7) is 5.17. The van der Waals surface area contributed by atoms with Crippen LogP contribution in [0.2, 0.25) is 0 Å². The third-order valence-electron chi connectivity index (χ3n) is 4.37. The van der Waals surface area contributed by atoms with Gasteiger partial charge in [-0.2, -0.15) is 0 Å². The molecule has 0 radical (unpaired) electrons. The maximum absolute atomic E-state index is 13.1. The maximum atomic E-state index is 13.1. The van der Waals surface area contributed by atoms with Crippen LogP contribution in [-0.2, 0) is 11.3 Å². The summed E-state index contributed by atoms with van der Waals surface area (Å²) >= 11 is 0. The van der Waals surface area contributed by atoms with E-state index >= 15 is 0 Å². The Balaban J connectivity index is 2.27. The second-order valence-corrected chi connectivity index (χ2v) is 7.03. The van der Waals surface area contributed by atoms with E-state index in [2.05, 4.69) is 5.32 Å². The van der Waals surface area contributed by atoms with E-state index in [9.17, 15) is 24.5 Å². The van der Waals surface area contributed by atoms with Crippen molar-refractivity contribution in [3.05, 3.63) is 79.0 Å². The number of fused-ring (bicyclic) bond motifs is 1. The summed E-state index contributed by atoms with van der Waals surface area (Å²) in [4.78, 5) is 48.8. The SMILES string of the molecule is Cc1ccc2c(c1)c(=O)n(-c1ccc([N+](=O)[O-])cc1)c(=O)n2CC(=O)NC(C)C. The summed E-state index contributed by atoms with van der Waals surface area (Å²) in [6, 6.07) is 10.0. The molecule has 1 amide bonds. The zero-order valence-electron chi connectivity index (χ0n) is 16.2.